The van der Waals surface area contributed by atoms with E-state index in [-0.39, 0.29) is 0 Å². The molecule has 0 bridgehead atoms. The zero-order chi connectivity index (χ0) is 12.1. The Morgan fingerprint density at radius 3 is 2.41 bits per heavy atom. The Hall–Kier alpha value is -1.86. The molecule has 0 saturated heterocycles. The summed E-state index contributed by atoms with van der Waals surface area (Å²) in [6.07, 6.45) is 4.04. The van der Waals surface area contributed by atoms with Crippen LogP contribution in [0.25, 0.3) is 17.2 Å². The fourth-order valence-corrected chi connectivity index (χ4v) is 1.74. The minimum Gasteiger partial charge on any atom is -0.299 e. The lowest BCUT2D eigenvalue weighted by molar-refractivity contribution is -0.104. The van der Waals surface area contributed by atoms with Crippen molar-refractivity contribution in [1.82, 2.24) is 0 Å². The predicted octanol–water partition coefficient (Wildman–Crippen LogP) is 4.22. The molecule has 0 atom stereocenters. The number of benzene rings is 2. The highest BCUT2D eigenvalue weighted by Crippen LogP contribution is 2.22. The predicted molar refractivity (Wildman–Crippen MR) is 72.0 cm³/mol. The van der Waals surface area contributed by atoms with E-state index >= 15 is 0 Å². The molecular weight excluding hydrogens is 232 g/mol. The van der Waals surface area contributed by atoms with Crippen LogP contribution in [0.15, 0.2) is 54.6 Å². The van der Waals surface area contributed by atoms with Gasteiger partial charge in [0.15, 0.2) is 0 Å². The fourth-order valence-electron chi connectivity index (χ4n) is 1.61. The summed E-state index contributed by atoms with van der Waals surface area (Å²) in [7, 11) is 0. The van der Waals surface area contributed by atoms with Gasteiger partial charge in [0.25, 0.3) is 0 Å². The Bertz CT molecular complexity index is 541. The molecule has 2 aromatic rings. The van der Waals surface area contributed by atoms with Crippen molar-refractivity contribution in [2.75, 3.05) is 0 Å². The van der Waals surface area contributed by atoms with Crippen molar-refractivity contribution in [2.24, 2.45) is 0 Å². The molecule has 0 aliphatic carbocycles. The second-order valence-electron chi connectivity index (χ2n) is 3.63. The van der Waals surface area contributed by atoms with Gasteiger partial charge in [0.05, 0.1) is 0 Å². The molecule has 0 N–H and O–H groups in total. The maximum atomic E-state index is 10.3. The van der Waals surface area contributed by atoms with E-state index in [0.29, 0.717) is 0 Å². The van der Waals surface area contributed by atoms with Crippen LogP contribution >= 0.6 is 11.6 Å². The molecule has 0 spiro atoms. The van der Waals surface area contributed by atoms with E-state index in [9.17, 15) is 4.79 Å². The SMILES string of the molecule is O=CC=Cc1cccc(-c2ccc(Cl)cc2)c1. The Kier molecular flexibility index (Phi) is 3.73. The Morgan fingerprint density at radius 1 is 0.941 bits per heavy atom. The normalized spacial score (nSPS) is 10.6. The maximum absolute atomic E-state index is 10.3. The van der Waals surface area contributed by atoms with Crippen molar-refractivity contribution in [1.29, 1.82) is 0 Å². The van der Waals surface area contributed by atoms with Crippen LogP contribution in [0.1, 0.15) is 5.56 Å². The van der Waals surface area contributed by atoms with Gasteiger partial charge >= 0.3 is 0 Å². The third-order valence-corrected chi connectivity index (χ3v) is 2.68. The summed E-state index contributed by atoms with van der Waals surface area (Å²) < 4.78 is 0. The van der Waals surface area contributed by atoms with Gasteiger partial charge in [-0.25, -0.2) is 0 Å². The second kappa shape index (κ2) is 5.46. The highest BCUT2D eigenvalue weighted by molar-refractivity contribution is 6.30. The molecule has 0 aromatic heterocycles. The van der Waals surface area contributed by atoms with E-state index in [4.69, 9.17) is 11.6 Å². The number of rotatable bonds is 3. The van der Waals surface area contributed by atoms with Gasteiger partial charge in [-0.05, 0) is 41.0 Å². The van der Waals surface area contributed by atoms with Gasteiger partial charge in [0.1, 0.15) is 6.29 Å². The zero-order valence-electron chi connectivity index (χ0n) is 9.14. The third-order valence-electron chi connectivity index (χ3n) is 2.43. The van der Waals surface area contributed by atoms with Gasteiger partial charge in [0, 0.05) is 5.02 Å². The van der Waals surface area contributed by atoms with Crippen molar-refractivity contribution in [3.05, 3.63) is 65.2 Å². The van der Waals surface area contributed by atoms with Crippen molar-refractivity contribution < 1.29 is 4.79 Å². The molecule has 0 aliphatic heterocycles. The first kappa shape index (κ1) is 11.6. The number of aldehydes is 1. The quantitative estimate of drug-likeness (QED) is 0.582. The smallest absolute Gasteiger partial charge is 0.142 e. The van der Waals surface area contributed by atoms with Gasteiger partial charge in [-0.1, -0.05) is 48.0 Å². The standard InChI is InChI=1S/C15H11ClO/c16-15-8-6-13(7-9-15)14-5-1-3-12(11-14)4-2-10-17/h1-11H. The van der Waals surface area contributed by atoms with Crippen LogP contribution in [0, 0.1) is 0 Å². The molecule has 2 aromatic carbocycles. The second-order valence-corrected chi connectivity index (χ2v) is 4.06. The first-order valence-corrected chi connectivity index (χ1v) is 5.65. The van der Waals surface area contributed by atoms with Crippen molar-refractivity contribution in [3.63, 3.8) is 0 Å². The summed E-state index contributed by atoms with van der Waals surface area (Å²) in [5, 5.41) is 0.728. The van der Waals surface area contributed by atoms with E-state index in [1.54, 1.807) is 6.08 Å². The van der Waals surface area contributed by atoms with E-state index in [1.807, 2.05) is 48.5 Å². The number of allylic oxidation sites excluding steroid dienone is 1. The van der Waals surface area contributed by atoms with Crippen LogP contribution in [0.3, 0.4) is 0 Å². The topological polar surface area (TPSA) is 17.1 Å². The van der Waals surface area contributed by atoms with E-state index in [1.165, 1.54) is 6.08 Å². The largest absolute Gasteiger partial charge is 0.299 e. The monoisotopic (exact) mass is 242 g/mol. The number of carbonyl (C=O) groups excluding carboxylic acids is 1. The lowest BCUT2D eigenvalue weighted by Gasteiger charge is -2.03. The van der Waals surface area contributed by atoms with Gasteiger partial charge < -0.3 is 0 Å². The van der Waals surface area contributed by atoms with Gasteiger partial charge in [-0.2, -0.15) is 0 Å². The minimum atomic E-state index is 0.728. The molecule has 0 aliphatic rings. The van der Waals surface area contributed by atoms with Crippen LogP contribution in [-0.2, 0) is 4.79 Å². The number of halogens is 1. The molecule has 2 rings (SSSR count). The molecular formula is C15H11ClO. The Labute approximate surface area is 105 Å². The first-order valence-electron chi connectivity index (χ1n) is 5.27. The van der Waals surface area contributed by atoms with Crippen LogP contribution < -0.4 is 0 Å². The first-order chi connectivity index (χ1) is 8.29. The highest BCUT2D eigenvalue weighted by Gasteiger charge is 1.97. The summed E-state index contributed by atoms with van der Waals surface area (Å²) in [4.78, 5) is 10.3. The molecule has 0 fully saturated rings. The molecule has 0 unspecified atom stereocenters. The Morgan fingerprint density at radius 2 is 1.71 bits per heavy atom. The molecule has 1 nitrogen and oxygen atoms in total. The molecule has 84 valence electrons. The van der Waals surface area contributed by atoms with E-state index in [0.717, 1.165) is 28.0 Å². The van der Waals surface area contributed by atoms with Crippen molar-refractivity contribution in [2.45, 2.75) is 0 Å². The van der Waals surface area contributed by atoms with Gasteiger partial charge in [0.2, 0.25) is 0 Å². The van der Waals surface area contributed by atoms with Gasteiger partial charge in [-0.15, -0.1) is 0 Å². The van der Waals surface area contributed by atoms with Crippen molar-refractivity contribution in [3.8, 4) is 11.1 Å². The minimum absolute atomic E-state index is 0.728. The Balaban J connectivity index is 2.35. The molecule has 0 radical (unpaired) electrons. The lowest BCUT2D eigenvalue weighted by atomic mass is 10.0. The molecule has 0 heterocycles. The molecule has 17 heavy (non-hydrogen) atoms. The van der Waals surface area contributed by atoms with Crippen LogP contribution in [0.4, 0.5) is 0 Å². The number of carbonyl (C=O) groups is 1. The number of hydrogen-bond donors (Lipinski definition) is 0. The lowest BCUT2D eigenvalue weighted by Crippen LogP contribution is -1.79. The van der Waals surface area contributed by atoms with Crippen LogP contribution in [0.5, 0.6) is 0 Å². The average Bonchev–Trinajstić information content (AvgIpc) is 2.37. The highest BCUT2D eigenvalue weighted by atomic mass is 35.5. The fraction of sp³-hybridized carbons (Fsp3) is 0. The van der Waals surface area contributed by atoms with Crippen LogP contribution in [-0.4, -0.2) is 6.29 Å². The zero-order valence-corrected chi connectivity index (χ0v) is 9.89. The molecule has 2 heteroatoms. The summed E-state index contributed by atoms with van der Waals surface area (Å²) in [6.45, 7) is 0. The van der Waals surface area contributed by atoms with Gasteiger partial charge in [-0.3, -0.25) is 4.79 Å². The summed E-state index contributed by atoms with van der Waals surface area (Å²) in [5.74, 6) is 0. The van der Waals surface area contributed by atoms with Crippen molar-refractivity contribution >= 4 is 24.0 Å². The summed E-state index contributed by atoms with van der Waals surface area (Å²) >= 11 is 5.85. The third kappa shape index (κ3) is 3.05. The average molecular weight is 243 g/mol. The van der Waals surface area contributed by atoms with E-state index < -0.39 is 0 Å². The number of hydrogen-bond acceptors (Lipinski definition) is 1. The van der Waals surface area contributed by atoms with Crippen LogP contribution in [0.2, 0.25) is 5.02 Å². The maximum Gasteiger partial charge on any atom is 0.142 e. The summed E-state index contributed by atoms with van der Waals surface area (Å²) in [5.41, 5.74) is 3.22. The van der Waals surface area contributed by atoms with E-state index in [2.05, 4.69) is 0 Å². The molecule has 0 saturated carbocycles. The summed E-state index contributed by atoms with van der Waals surface area (Å²) in [6, 6.07) is 15.7. The molecule has 0 amide bonds.